The maximum Gasteiger partial charge on any atom is 0.119 e. The molecule has 0 saturated heterocycles. The molecule has 0 amide bonds. The van der Waals surface area contributed by atoms with Crippen LogP contribution in [0, 0.1) is 11.8 Å². The summed E-state index contributed by atoms with van der Waals surface area (Å²) in [6, 6.07) is 10.9. The van der Waals surface area contributed by atoms with Gasteiger partial charge in [-0.1, -0.05) is 32.0 Å². The topological polar surface area (TPSA) is 21.3 Å². The number of nitrogens with one attached hydrogen (secondary N) is 1. The van der Waals surface area contributed by atoms with Crippen molar-refractivity contribution in [3.8, 4) is 5.75 Å². The van der Waals surface area contributed by atoms with E-state index in [-0.39, 0.29) is 0 Å². The van der Waals surface area contributed by atoms with Gasteiger partial charge in [0.1, 0.15) is 5.75 Å². The van der Waals surface area contributed by atoms with Crippen molar-refractivity contribution >= 4 is 0 Å². The lowest BCUT2D eigenvalue weighted by Crippen LogP contribution is -2.40. The molecule has 1 aliphatic carbocycles. The van der Waals surface area contributed by atoms with Crippen molar-refractivity contribution in [3.05, 3.63) is 30.3 Å². The first-order valence-electron chi connectivity index (χ1n) is 8.20. The average molecular weight is 275 g/mol. The molecule has 3 unspecified atom stereocenters. The van der Waals surface area contributed by atoms with E-state index >= 15 is 0 Å². The van der Waals surface area contributed by atoms with Crippen LogP contribution in [0.15, 0.2) is 30.3 Å². The van der Waals surface area contributed by atoms with E-state index < -0.39 is 0 Å². The SMILES string of the molecule is CCNC1CCC(C)CC1CCCOc1ccccc1. The third kappa shape index (κ3) is 4.82. The average Bonchev–Trinajstić information content (AvgIpc) is 2.47. The minimum atomic E-state index is 0.730. The number of benzene rings is 1. The lowest BCUT2D eigenvalue weighted by Gasteiger charge is -2.35. The zero-order chi connectivity index (χ0) is 14.2. The molecule has 0 bridgehead atoms. The van der Waals surface area contributed by atoms with Gasteiger partial charge in [0.15, 0.2) is 0 Å². The molecule has 1 aromatic rings. The summed E-state index contributed by atoms with van der Waals surface area (Å²) in [4.78, 5) is 0. The summed E-state index contributed by atoms with van der Waals surface area (Å²) in [5.74, 6) is 2.72. The monoisotopic (exact) mass is 275 g/mol. The molecular weight excluding hydrogens is 246 g/mol. The van der Waals surface area contributed by atoms with Crippen LogP contribution in [0.5, 0.6) is 5.75 Å². The normalized spacial score (nSPS) is 26.4. The summed E-state index contributed by atoms with van der Waals surface area (Å²) in [6.07, 6.45) is 6.56. The van der Waals surface area contributed by atoms with Crippen LogP contribution < -0.4 is 10.1 Å². The van der Waals surface area contributed by atoms with E-state index in [9.17, 15) is 0 Å². The Morgan fingerprint density at radius 2 is 2.00 bits per heavy atom. The summed E-state index contributed by atoms with van der Waals surface area (Å²) in [7, 11) is 0. The molecule has 0 aromatic heterocycles. The van der Waals surface area contributed by atoms with Gasteiger partial charge < -0.3 is 10.1 Å². The number of para-hydroxylation sites is 1. The lowest BCUT2D eigenvalue weighted by atomic mass is 9.76. The first-order chi connectivity index (χ1) is 9.79. The Labute approximate surface area is 123 Å². The summed E-state index contributed by atoms with van der Waals surface area (Å²) in [5, 5.41) is 3.67. The van der Waals surface area contributed by atoms with Gasteiger partial charge in [-0.05, 0) is 62.6 Å². The molecule has 2 heteroatoms. The van der Waals surface area contributed by atoms with Gasteiger partial charge >= 0.3 is 0 Å². The molecule has 2 nitrogen and oxygen atoms in total. The molecule has 0 radical (unpaired) electrons. The van der Waals surface area contributed by atoms with Crippen LogP contribution in [0.4, 0.5) is 0 Å². The van der Waals surface area contributed by atoms with E-state index in [4.69, 9.17) is 4.74 Å². The highest BCUT2D eigenvalue weighted by Gasteiger charge is 2.27. The van der Waals surface area contributed by atoms with E-state index in [2.05, 4.69) is 19.2 Å². The van der Waals surface area contributed by atoms with Crippen molar-refractivity contribution in [2.75, 3.05) is 13.2 Å². The molecule has 20 heavy (non-hydrogen) atoms. The fraction of sp³-hybridized carbons (Fsp3) is 0.667. The molecule has 0 aliphatic heterocycles. The van der Waals surface area contributed by atoms with Crippen molar-refractivity contribution < 1.29 is 4.74 Å². The van der Waals surface area contributed by atoms with Crippen molar-refractivity contribution in [2.24, 2.45) is 11.8 Å². The van der Waals surface area contributed by atoms with Gasteiger partial charge in [-0.3, -0.25) is 0 Å². The molecule has 1 aromatic carbocycles. The van der Waals surface area contributed by atoms with Crippen LogP contribution in [-0.4, -0.2) is 19.2 Å². The zero-order valence-electron chi connectivity index (χ0n) is 13.0. The highest BCUT2D eigenvalue weighted by Crippen LogP contribution is 2.32. The zero-order valence-corrected chi connectivity index (χ0v) is 13.0. The minimum absolute atomic E-state index is 0.730. The van der Waals surface area contributed by atoms with E-state index in [1.807, 2.05) is 30.3 Å². The minimum Gasteiger partial charge on any atom is -0.494 e. The predicted molar refractivity (Wildman–Crippen MR) is 85.1 cm³/mol. The Bertz CT molecular complexity index is 365. The van der Waals surface area contributed by atoms with E-state index in [0.29, 0.717) is 0 Å². The molecule has 1 saturated carbocycles. The summed E-state index contributed by atoms with van der Waals surface area (Å²) in [6.45, 7) is 6.55. The second kappa shape index (κ2) is 8.31. The van der Waals surface area contributed by atoms with Gasteiger partial charge in [0.05, 0.1) is 6.61 Å². The van der Waals surface area contributed by atoms with Crippen molar-refractivity contribution in [3.63, 3.8) is 0 Å². The Morgan fingerprint density at radius 3 is 2.75 bits per heavy atom. The smallest absolute Gasteiger partial charge is 0.119 e. The summed E-state index contributed by atoms with van der Waals surface area (Å²) < 4.78 is 5.80. The van der Waals surface area contributed by atoms with Crippen LogP contribution in [0.25, 0.3) is 0 Å². The van der Waals surface area contributed by atoms with Crippen LogP contribution in [0.3, 0.4) is 0 Å². The second-order valence-electron chi connectivity index (χ2n) is 6.15. The molecule has 3 atom stereocenters. The molecule has 2 rings (SSSR count). The number of rotatable bonds is 7. The number of hydrogen-bond acceptors (Lipinski definition) is 2. The first-order valence-corrected chi connectivity index (χ1v) is 8.20. The fourth-order valence-electron chi connectivity index (χ4n) is 3.40. The van der Waals surface area contributed by atoms with Gasteiger partial charge in [0, 0.05) is 6.04 Å². The van der Waals surface area contributed by atoms with Gasteiger partial charge in [-0.25, -0.2) is 0 Å². The molecular formula is C18H29NO. The van der Waals surface area contributed by atoms with Crippen molar-refractivity contribution in [1.29, 1.82) is 0 Å². The largest absolute Gasteiger partial charge is 0.494 e. The Balaban J connectivity index is 1.70. The van der Waals surface area contributed by atoms with Crippen LogP contribution in [-0.2, 0) is 0 Å². The van der Waals surface area contributed by atoms with E-state index in [0.717, 1.165) is 43.2 Å². The molecule has 1 N–H and O–H groups in total. The molecule has 112 valence electrons. The number of ether oxygens (including phenoxy) is 1. The van der Waals surface area contributed by atoms with Crippen molar-refractivity contribution in [1.82, 2.24) is 5.32 Å². The first kappa shape index (κ1) is 15.4. The highest BCUT2D eigenvalue weighted by atomic mass is 16.5. The van der Waals surface area contributed by atoms with Crippen LogP contribution in [0.1, 0.15) is 46.0 Å². The summed E-state index contributed by atoms with van der Waals surface area (Å²) in [5.41, 5.74) is 0. The van der Waals surface area contributed by atoms with Gasteiger partial charge in [-0.2, -0.15) is 0 Å². The lowest BCUT2D eigenvalue weighted by molar-refractivity contribution is 0.190. The van der Waals surface area contributed by atoms with Gasteiger partial charge in [0.2, 0.25) is 0 Å². The maximum atomic E-state index is 5.80. The van der Waals surface area contributed by atoms with E-state index in [1.165, 1.54) is 25.7 Å². The van der Waals surface area contributed by atoms with Crippen LogP contribution >= 0.6 is 0 Å². The Hall–Kier alpha value is -1.02. The number of hydrogen-bond donors (Lipinski definition) is 1. The summed E-state index contributed by atoms with van der Waals surface area (Å²) >= 11 is 0. The van der Waals surface area contributed by atoms with Crippen molar-refractivity contribution in [2.45, 2.75) is 52.0 Å². The molecule has 0 spiro atoms. The third-order valence-electron chi connectivity index (χ3n) is 4.44. The standard InChI is InChI=1S/C18H29NO/c1-3-19-18-12-11-15(2)14-16(18)8-7-13-20-17-9-5-4-6-10-17/h4-6,9-10,15-16,18-19H,3,7-8,11-14H2,1-2H3. The Morgan fingerprint density at radius 1 is 1.20 bits per heavy atom. The molecule has 1 fully saturated rings. The van der Waals surface area contributed by atoms with Crippen LogP contribution in [0.2, 0.25) is 0 Å². The molecule has 0 heterocycles. The fourth-order valence-corrected chi connectivity index (χ4v) is 3.40. The second-order valence-corrected chi connectivity index (χ2v) is 6.15. The third-order valence-corrected chi connectivity index (χ3v) is 4.44. The maximum absolute atomic E-state index is 5.80. The Kier molecular flexibility index (Phi) is 6.38. The highest BCUT2D eigenvalue weighted by molar-refractivity contribution is 5.20. The van der Waals surface area contributed by atoms with Gasteiger partial charge in [0.25, 0.3) is 0 Å². The molecule has 1 aliphatic rings. The van der Waals surface area contributed by atoms with Gasteiger partial charge in [-0.15, -0.1) is 0 Å². The quantitative estimate of drug-likeness (QED) is 0.751. The predicted octanol–water partition coefficient (Wildman–Crippen LogP) is 4.26. The van der Waals surface area contributed by atoms with E-state index in [1.54, 1.807) is 0 Å².